The normalized spacial score (nSPS) is 12.0. The van der Waals surface area contributed by atoms with Gasteiger partial charge in [-0.15, -0.1) is 0 Å². The molecule has 0 spiro atoms. The molecule has 7 heteroatoms. The minimum Gasteiger partial charge on any atom is -0.477 e. The van der Waals surface area contributed by atoms with Gasteiger partial charge in [-0.25, -0.2) is 17.9 Å². The molecule has 0 aliphatic heterocycles. The van der Waals surface area contributed by atoms with Crippen molar-refractivity contribution in [1.82, 2.24) is 9.29 Å². The van der Waals surface area contributed by atoms with Crippen molar-refractivity contribution in [3.05, 3.63) is 18.0 Å². The lowest BCUT2D eigenvalue weighted by atomic mass is 10.0. The molecule has 1 aromatic rings. The van der Waals surface area contributed by atoms with E-state index in [1.807, 2.05) is 13.8 Å². The van der Waals surface area contributed by atoms with E-state index in [-0.39, 0.29) is 16.5 Å². The molecule has 0 radical (unpaired) electrons. The van der Waals surface area contributed by atoms with Crippen LogP contribution < -0.4 is 4.72 Å². The quantitative estimate of drug-likeness (QED) is 0.794. The maximum atomic E-state index is 12.0. The number of carboxylic acids is 1. The monoisotopic (exact) mass is 288 g/mol. The molecule has 0 unspecified atom stereocenters. The van der Waals surface area contributed by atoms with Crippen LogP contribution in [0.15, 0.2) is 17.2 Å². The fourth-order valence-electron chi connectivity index (χ4n) is 1.78. The first kappa shape index (κ1) is 15.7. The number of rotatable bonds is 7. The topological polar surface area (TPSA) is 88.4 Å². The first-order chi connectivity index (χ1) is 8.81. The summed E-state index contributed by atoms with van der Waals surface area (Å²) in [5.74, 6) is -0.860. The zero-order chi connectivity index (χ0) is 14.6. The molecule has 0 atom stereocenters. The number of aryl methyl sites for hydroxylation is 1. The van der Waals surface area contributed by atoms with Crippen LogP contribution in [0.4, 0.5) is 0 Å². The maximum Gasteiger partial charge on any atom is 0.352 e. The molecule has 6 nitrogen and oxygen atoms in total. The highest BCUT2D eigenvalue weighted by Crippen LogP contribution is 2.14. The Kier molecular flexibility index (Phi) is 5.13. The van der Waals surface area contributed by atoms with Gasteiger partial charge in [0.2, 0.25) is 10.0 Å². The zero-order valence-corrected chi connectivity index (χ0v) is 12.2. The van der Waals surface area contributed by atoms with Gasteiger partial charge >= 0.3 is 5.97 Å². The van der Waals surface area contributed by atoms with Gasteiger partial charge in [-0.1, -0.05) is 26.7 Å². The summed E-state index contributed by atoms with van der Waals surface area (Å²) in [6, 6.07) is 1.16. The standard InChI is InChI=1S/C12H20N2O4S/c1-4-9(5-2)7-13-19(17,18)10-6-11(12(15)16)14(3)8-10/h6,8-9,13H,4-5,7H2,1-3H3,(H,15,16). The van der Waals surface area contributed by atoms with Gasteiger partial charge in [0.1, 0.15) is 10.6 Å². The van der Waals surface area contributed by atoms with Gasteiger partial charge in [-0.2, -0.15) is 0 Å². The molecular weight excluding hydrogens is 268 g/mol. The third-order valence-corrected chi connectivity index (χ3v) is 4.62. The van der Waals surface area contributed by atoms with Gasteiger partial charge in [0, 0.05) is 19.8 Å². The Labute approximate surface area is 113 Å². The fourth-order valence-corrected chi connectivity index (χ4v) is 2.97. The van der Waals surface area contributed by atoms with Crippen molar-refractivity contribution in [2.45, 2.75) is 31.6 Å². The van der Waals surface area contributed by atoms with Crippen molar-refractivity contribution in [2.75, 3.05) is 6.54 Å². The molecule has 2 N–H and O–H groups in total. The van der Waals surface area contributed by atoms with E-state index < -0.39 is 16.0 Å². The average molecular weight is 288 g/mol. The van der Waals surface area contributed by atoms with E-state index >= 15 is 0 Å². The number of aromatic nitrogens is 1. The summed E-state index contributed by atoms with van der Waals surface area (Å²) >= 11 is 0. The largest absolute Gasteiger partial charge is 0.477 e. The number of nitrogens with zero attached hydrogens (tertiary/aromatic N) is 1. The van der Waals surface area contributed by atoms with E-state index in [0.29, 0.717) is 6.54 Å². The third-order valence-electron chi connectivity index (χ3n) is 3.23. The zero-order valence-electron chi connectivity index (χ0n) is 11.4. The molecule has 0 aliphatic rings. The highest BCUT2D eigenvalue weighted by atomic mass is 32.2. The molecule has 0 saturated carbocycles. The molecule has 108 valence electrons. The second-order valence-electron chi connectivity index (χ2n) is 4.51. The lowest BCUT2D eigenvalue weighted by molar-refractivity contribution is 0.0686. The predicted molar refractivity (Wildman–Crippen MR) is 71.6 cm³/mol. The highest BCUT2D eigenvalue weighted by molar-refractivity contribution is 7.89. The molecule has 1 aromatic heterocycles. The van der Waals surface area contributed by atoms with Gasteiger partial charge in [-0.05, 0) is 12.0 Å². The number of hydrogen-bond acceptors (Lipinski definition) is 3. The third kappa shape index (κ3) is 3.81. The summed E-state index contributed by atoms with van der Waals surface area (Å²) in [7, 11) is -2.14. The summed E-state index contributed by atoms with van der Waals surface area (Å²) < 4.78 is 27.9. The number of carboxylic acid groups (broad SMARTS) is 1. The van der Waals surface area contributed by atoms with E-state index in [2.05, 4.69) is 4.72 Å². The van der Waals surface area contributed by atoms with Crippen molar-refractivity contribution in [3.63, 3.8) is 0 Å². The molecule has 0 saturated heterocycles. The van der Waals surface area contributed by atoms with Crippen molar-refractivity contribution < 1.29 is 18.3 Å². The van der Waals surface area contributed by atoms with Gasteiger partial charge in [0.25, 0.3) is 0 Å². The summed E-state index contributed by atoms with van der Waals surface area (Å²) in [6.07, 6.45) is 3.10. The SMILES string of the molecule is CCC(CC)CNS(=O)(=O)c1cc(C(=O)O)n(C)c1. The number of carbonyl (C=O) groups is 1. The van der Waals surface area contributed by atoms with E-state index in [1.165, 1.54) is 17.8 Å². The smallest absolute Gasteiger partial charge is 0.352 e. The van der Waals surface area contributed by atoms with Gasteiger partial charge in [0.05, 0.1) is 0 Å². The molecule has 1 heterocycles. The first-order valence-electron chi connectivity index (χ1n) is 6.21. The Hall–Kier alpha value is -1.34. The Morgan fingerprint density at radius 1 is 1.42 bits per heavy atom. The summed E-state index contributed by atoms with van der Waals surface area (Å²) in [4.78, 5) is 10.9. The van der Waals surface area contributed by atoms with Crippen molar-refractivity contribution >= 4 is 16.0 Å². The van der Waals surface area contributed by atoms with Crippen LogP contribution in [0, 0.1) is 5.92 Å². The second-order valence-corrected chi connectivity index (χ2v) is 6.28. The van der Waals surface area contributed by atoms with E-state index in [4.69, 9.17) is 5.11 Å². The average Bonchev–Trinajstić information content (AvgIpc) is 2.73. The minimum atomic E-state index is -3.64. The van der Waals surface area contributed by atoms with Gasteiger partial charge in [-0.3, -0.25) is 0 Å². The number of hydrogen-bond donors (Lipinski definition) is 2. The van der Waals surface area contributed by atoms with E-state index in [9.17, 15) is 13.2 Å². The number of aromatic carboxylic acids is 1. The van der Waals surface area contributed by atoms with Crippen molar-refractivity contribution in [3.8, 4) is 0 Å². The van der Waals surface area contributed by atoms with Crippen LogP contribution in [0.1, 0.15) is 37.2 Å². The fraction of sp³-hybridized carbons (Fsp3) is 0.583. The molecule has 0 aliphatic carbocycles. The molecule has 0 fully saturated rings. The molecule has 0 bridgehead atoms. The van der Waals surface area contributed by atoms with Crippen molar-refractivity contribution in [2.24, 2.45) is 13.0 Å². The van der Waals surface area contributed by atoms with Crippen LogP contribution in [0.25, 0.3) is 0 Å². The molecule has 1 rings (SSSR count). The first-order valence-corrected chi connectivity index (χ1v) is 7.69. The van der Waals surface area contributed by atoms with E-state index in [1.54, 1.807) is 0 Å². The lowest BCUT2D eigenvalue weighted by Gasteiger charge is -2.12. The number of sulfonamides is 1. The molecular formula is C12H20N2O4S. The van der Waals surface area contributed by atoms with Crippen LogP contribution in [0.2, 0.25) is 0 Å². The van der Waals surface area contributed by atoms with E-state index in [0.717, 1.165) is 18.9 Å². The number of nitrogens with one attached hydrogen (secondary N) is 1. The van der Waals surface area contributed by atoms with Gasteiger partial charge < -0.3 is 9.67 Å². The predicted octanol–water partition coefficient (Wildman–Crippen LogP) is 1.44. The van der Waals surface area contributed by atoms with Crippen LogP contribution in [0.5, 0.6) is 0 Å². The highest BCUT2D eigenvalue weighted by Gasteiger charge is 2.20. The van der Waals surface area contributed by atoms with Crippen molar-refractivity contribution in [1.29, 1.82) is 0 Å². The Bertz CT molecular complexity index is 544. The lowest BCUT2D eigenvalue weighted by Crippen LogP contribution is -2.28. The Morgan fingerprint density at radius 2 is 2.00 bits per heavy atom. The second kappa shape index (κ2) is 6.21. The Morgan fingerprint density at radius 3 is 2.42 bits per heavy atom. The van der Waals surface area contributed by atoms with Crippen LogP contribution in [-0.2, 0) is 17.1 Å². The van der Waals surface area contributed by atoms with Gasteiger partial charge in [0.15, 0.2) is 0 Å². The Balaban J connectivity index is 2.89. The molecule has 0 aromatic carbocycles. The van der Waals surface area contributed by atoms with Crippen LogP contribution in [-0.4, -0.2) is 30.6 Å². The maximum absolute atomic E-state index is 12.0. The molecule has 19 heavy (non-hydrogen) atoms. The minimum absolute atomic E-state index is 0.0154. The van der Waals surface area contributed by atoms with Crippen LogP contribution in [0.3, 0.4) is 0 Å². The molecule has 0 amide bonds. The summed E-state index contributed by atoms with van der Waals surface area (Å²) in [6.45, 7) is 4.38. The summed E-state index contributed by atoms with van der Waals surface area (Å²) in [5.41, 5.74) is -0.0529. The summed E-state index contributed by atoms with van der Waals surface area (Å²) in [5, 5.41) is 8.90. The van der Waals surface area contributed by atoms with Crippen LogP contribution >= 0.6 is 0 Å².